The molecule has 194 valence electrons. The van der Waals surface area contributed by atoms with Gasteiger partial charge in [0.25, 0.3) is 17.6 Å². The number of hydrogen-bond donors (Lipinski definition) is 1. The molecule has 2 aliphatic rings. The van der Waals surface area contributed by atoms with Crippen LogP contribution in [-0.2, 0) is 24.7 Å². The van der Waals surface area contributed by atoms with Crippen LogP contribution in [0.4, 0.5) is 5.69 Å². The molecule has 0 bridgehead atoms. The van der Waals surface area contributed by atoms with Gasteiger partial charge in [0, 0.05) is 31.3 Å². The zero-order chi connectivity index (χ0) is 26.7. The number of ketones is 1. The molecule has 0 aliphatic carbocycles. The van der Waals surface area contributed by atoms with Gasteiger partial charge >= 0.3 is 0 Å². The highest BCUT2D eigenvalue weighted by Gasteiger charge is 2.66. The molecule has 4 rings (SSSR count). The van der Waals surface area contributed by atoms with Crippen LogP contribution in [0.1, 0.15) is 36.5 Å². The molecule has 37 heavy (non-hydrogen) atoms. The lowest BCUT2D eigenvalue weighted by Crippen LogP contribution is -2.52. The van der Waals surface area contributed by atoms with E-state index >= 15 is 0 Å². The SMILES string of the molecule is C=CCOc1ccc(/C(O)=C2\C(=O)C(=O)N(CCOC)C23C(=O)N(CCCC)c2ccccc23)cc1C. The quantitative estimate of drug-likeness (QED) is 0.228. The fourth-order valence-corrected chi connectivity index (χ4v) is 5.14. The number of ether oxygens (including phenoxy) is 2. The molecule has 2 aromatic rings. The second kappa shape index (κ2) is 10.6. The number of carbonyl (C=O) groups is 3. The van der Waals surface area contributed by atoms with Gasteiger partial charge in [-0.15, -0.1) is 0 Å². The Morgan fingerprint density at radius 1 is 1.14 bits per heavy atom. The van der Waals surface area contributed by atoms with Crippen molar-refractivity contribution in [2.45, 2.75) is 32.2 Å². The van der Waals surface area contributed by atoms with E-state index in [-0.39, 0.29) is 18.7 Å². The monoisotopic (exact) mass is 504 g/mol. The number of aliphatic hydroxyl groups excluding tert-OH is 1. The van der Waals surface area contributed by atoms with Crippen molar-refractivity contribution in [1.29, 1.82) is 0 Å². The van der Waals surface area contributed by atoms with Crippen LogP contribution in [0.2, 0.25) is 0 Å². The Bertz CT molecular complexity index is 1280. The van der Waals surface area contributed by atoms with Gasteiger partial charge < -0.3 is 24.4 Å². The first-order valence-electron chi connectivity index (χ1n) is 12.4. The summed E-state index contributed by atoms with van der Waals surface area (Å²) in [6, 6.07) is 12.1. The van der Waals surface area contributed by atoms with Gasteiger partial charge in [-0.05, 0) is 43.2 Å². The van der Waals surface area contributed by atoms with E-state index in [9.17, 15) is 19.5 Å². The Morgan fingerprint density at radius 3 is 2.57 bits per heavy atom. The van der Waals surface area contributed by atoms with Crippen molar-refractivity contribution in [3.63, 3.8) is 0 Å². The van der Waals surface area contributed by atoms with Crippen LogP contribution in [0, 0.1) is 6.92 Å². The number of aryl methyl sites for hydroxylation is 1. The van der Waals surface area contributed by atoms with E-state index < -0.39 is 28.9 Å². The average Bonchev–Trinajstić information content (AvgIpc) is 3.27. The van der Waals surface area contributed by atoms with E-state index in [1.165, 1.54) is 12.0 Å². The number of benzene rings is 2. The predicted octanol–water partition coefficient (Wildman–Crippen LogP) is 3.93. The third kappa shape index (κ3) is 4.11. The molecule has 1 N–H and O–H groups in total. The molecule has 2 aliphatic heterocycles. The van der Waals surface area contributed by atoms with Crippen LogP contribution >= 0.6 is 0 Å². The van der Waals surface area contributed by atoms with Gasteiger partial charge in [-0.3, -0.25) is 14.4 Å². The first-order chi connectivity index (χ1) is 17.8. The number of rotatable bonds is 10. The Hall–Kier alpha value is -3.91. The number of aliphatic hydroxyl groups is 1. The molecule has 2 aromatic carbocycles. The van der Waals surface area contributed by atoms with Crippen LogP contribution in [-0.4, -0.2) is 61.0 Å². The Balaban J connectivity index is 1.97. The lowest BCUT2D eigenvalue weighted by atomic mass is 9.81. The first-order valence-corrected chi connectivity index (χ1v) is 12.4. The second-order valence-electron chi connectivity index (χ2n) is 9.12. The highest BCUT2D eigenvalue weighted by molar-refractivity contribution is 6.50. The molecule has 0 saturated carbocycles. The maximum Gasteiger partial charge on any atom is 0.296 e. The highest BCUT2D eigenvalue weighted by atomic mass is 16.5. The van der Waals surface area contributed by atoms with Gasteiger partial charge in [0.1, 0.15) is 18.1 Å². The number of nitrogens with zero attached hydrogens (tertiary/aromatic N) is 2. The summed E-state index contributed by atoms with van der Waals surface area (Å²) in [5.41, 5.74) is 0.133. The van der Waals surface area contributed by atoms with E-state index in [0.717, 1.165) is 18.4 Å². The smallest absolute Gasteiger partial charge is 0.296 e. The molecule has 8 heteroatoms. The Morgan fingerprint density at radius 2 is 1.89 bits per heavy atom. The van der Waals surface area contributed by atoms with Crippen molar-refractivity contribution in [3.05, 3.63) is 77.4 Å². The van der Waals surface area contributed by atoms with Gasteiger partial charge in [0.05, 0.1) is 17.9 Å². The summed E-state index contributed by atoms with van der Waals surface area (Å²) in [5.74, 6) is -1.99. The molecule has 2 amide bonds. The third-order valence-electron chi connectivity index (χ3n) is 6.87. The number of anilines is 1. The first kappa shape index (κ1) is 26.2. The van der Waals surface area contributed by atoms with Crippen molar-refractivity contribution in [3.8, 4) is 5.75 Å². The number of carbonyl (C=O) groups excluding carboxylic acids is 3. The maximum atomic E-state index is 14.3. The third-order valence-corrected chi connectivity index (χ3v) is 6.87. The minimum Gasteiger partial charge on any atom is -0.507 e. The number of amides is 2. The van der Waals surface area contributed by atoms with Crippen molar-refractivity contribution in [2.24, 2.45) is 0 Å². The van der Waals surface area contributed by atoms with Crippen LogP contribution in [0.5, 0.6) is 5.75 Å². The normalized spacial score (nSPS) is 20.1. The molecule has 1 atom stereocenters. The molecule has 1 saturated heterocycles. The number of unbranched alkanes of at least 4 members (excludes halogenated alkanes) is 1. The summed E-state index contributed by atoms with van der Waals surface area (Å²) in [6.07, 6.45) is 3.23. The minimum absolute atomic E-state index is 0.00685. The van der Waals surface area contributed by atoms with Gasteiger partial charge in [-0.1, -0.05) is 44.2 Å². The molecule has 1 fully saturated rings. The summed E-state index contributed by atoms with van der Waals surface area (Å²) in [5, 5.41) is 11.6. The molecule has 8 nitrogen and oxygen atoms in total. The summed E-state index contributed by atoms with van der Waals surface area (Å²) in [7, 11) is 1.49. The summed E-state index contributed by atoms with van der Waals surface area (Å²) in [6.45, 7) is 8.35. The average molecular weight is 505 g/mol. The lowest BCUT2D eigenvalue weighted by molar-refractivity contribution is -0.144. The van der Waals surface area contributed by atoms with Gasteiger partial charge in [0.15, 0.2) is 5.54 Å². The zero-order valence-corrected chi connectivity index (χ0v) is 21.5. The summed E-state index contributed by atoms with van der Waals surface area (Å²) < 4.78 is 10.9. The molecular weight excluding hydrogens is 472 g/mol. The van der Waals surface area contributed by atoms with E-state index in [2.05, 4.69) is 6.58 Å². The second-order valence-corrected chi connectivity index (χ2v) is 9.12. The summed E-state index contributed by atoms with van der Waals surface area (Å²) >= 11 is 0. The number of fused-ring (bicyclic) bond motifs is 2. The van der Waals surface area contributed by atoms with Crippen molar-refractivity contribution in [1.82, 2.24) is 4.90 Å². The number of para-hydroxylation sites is 1. The molecule has 1 spiro atoms. The van der Waals surface area contributed by atoms with Crippen LogP contribution < -0.4 is 9.64 Å². The van der Waals surface area contributed by atoms with Gasteiger partial charge in [-0.2, -0.15) is 0 Å². The van der Waals surface area contributed by atoms with Crippen LogP contribution in [0.15, 0.2) is 60.7 Å². The number of likely N-dealkylation sites (tertiary alicyclic amines) is 1. The molecule has 1 unspecified atom stereocenters. The largest absolute Gasteiger partial charge is 0.507 e. The standard InChI is InChI=1S/C29H32N2O6/c1-5-7-14-30-22-11-9-8-10-21(22)29(28(30)35)24(26(33)27(34)31(29)15-17-36-4)25(32)20-12-13-23(19(3)18-20)37-16-6-2/h6,8-13,18,32H,2,5,7,14-17H2,1,3-4H3/b25-24-. The molecule has 2 heterocycles. The molecular formula is C29H32N2O6. The Kier molecular flexibility index (Phi) is 7.50. The summed E-state index contributed by atoms with van der Waals surface area (Å²) in [4.78, 5) is 44.2. The molecule has 0 radical (unpaired) electrons. The van der Waals surface area contributed by atoms with Gasteiger partial charge in [-0.25, -0.2) is 0 Å². The van der Waals surface area contributed by atoms with E-state index in [1.54, 1.807) is 41.3 Å². The van der Waals surface area contributed by atoms with Gasteiger partial charge in [0.2, 0.25) is 0 Å². The Labute approximate surface area is 216 Å². The van der Waals surface area contributed by atoms with E-state index in [4.69, 9.17) is 9.47 Å². The molecule has 0 aromatic heterocycles. The van der Waals surface area contributed by atoms with E-state index in [0.29, 0.717) is 35.7 Å². The maximum absolute atomic E-state index is 14.3. The topological polar surface area (TPSA) is 96.4 Å². The van der Waals surface area contributed by atoms with Crippen molar-refractivity contribution in [2.75, 3.05) is 38.3 Å². The zero-order valence-electron chi connectivity index (χ0n) is 21.5. The fraction of sp³-hybridized carbons (Fsp3) is 0.345. The fourth-order valence-electron chi connectivity index (χ4n) is 5.14. The van der Waals surface area contributed by atoms with Crippen LogP contribution in [0.25, 0.3) is 5.76 Å². The number of Topliss-reactive ketones (excluding diaryl/α,β-unsaturated/α-hetero) is 1. The number of hydrogen-bond acceptors (Lipinski definition) is 6. The highest BCUT2D eigenvalue weighted by Crippen LogP contribution is 2.53. The van der Waals surface area contributed by atoms with Crippen LogP contribution in [0.3, 0.4) is 0 Å². The van der Waals surface area contributed by atoms with Crippen molar-refractivity contribution >= 4 is 29.0 Å². The minimum atomic E-state index is -1.78. The van der Waals surface area contributed by atoms with Crippen molar-refractivity contribution < 1.29 is 29.0 Å². The lowest BCUT2D eigenvalue weighted by Gasteiger charge is -2.34. The van der Waals surface area contributed by atoms with E-state index in [1.807, 2.05) is 26.0 Å². The number of methoxy groups -OCH3 is 1. The predicted molar refractivity (Wildman–Crippen MR) is 140 cm³/mol.